The van der Waals surface area contributed by atoms with E-state index in [-0.39, 0.29) is 11.8 Å². The molecule has 1 aromatic carbocycles. The maximum absolute atomic E-state index is 12.6. The van der Waals surface area contributed by atoms with Gasteiger partial charge in [0.1, 0.15) is 5.75 Å². The summed E-state index contributed by atoms with van der Waals surface area (Å²) in [6, 6.07) is 3.33. The lowest BCUT2D eigenvalue weighted by Crippen LogP contribution is -2.40. The maximum Gasteiger partial charge on any atom is 0.306 e. The second-order valence-corrected chi connectivity index (χ2v) is 6.44. The molecule has 114 valence electrons. The molecule has 0 aromatic heterocycles. The average Bonchev–Trinajstić information content (AvgIpc) is 2.49. The standard InChI is InChI=1S/C14H15ClINO4/c1-21-12-7-11(16)10(15)6-9(12)13(18)17-4-2-8(3-5-17)14(19)20/h6-8H,2-5H2,1H3,(H,19,20). The molecule has 0 atom stereocenters. The fraction of sp³-hybridized carbons (Fsp3) is 0.429. The fourth-order valence-corrected chi connectivity index (χ4v) is 2.97. The highest BCUT2D eigenvalue weighted by molar-refractivity contribution is 14.1. The largest absolute Gasteiger partial charge is 0.496 e. The molecule has 1 heterocycles. The Hall–Kier alpha value is -1.02. The van der Waals surface area contributed by atoms with Gasteiger partial charge in [0.05, 0.1) is 23.6 Å². The molecule has 21 heavy (non-hydrogen) atoms. The minimum atomic E-state index is -0.794. The van der Waals surface area contributed by atoms with Crippen LogP contribution in [-0.4, -0.2) is 42.1 Å². The maximum atomic E-state index is 12.6. The first-order valence-corrected chi connectivity index (χ1v) is 7.94. The van der Waals surface area contributed by atoms with Crippen molar-refractivity contribution >= 4 is 46.1 Å². The Labute approximate surface area is 141 Å². The van der Waals surface area contributed by atoms with Crippen molar-refractivity contribution in [2.24, 2.45) is 5.92 Å². The predicted octanol–water partition coefficient (Wildman–Crippen LogP) is 2.89. The minimum absolute atomic E-state index is 0.172. The van der Waals surface area contributed by atoms with Gasteiger partial charge < -0.3 is 14.7 Å². The van der Waals surface area contributed by atoms with Gasteiger partial charge in [-0.05, 0) is 47.6 Å². The highest BCUT2D eigenvalue weighted by atomic mass is 127. The molecule has 0 bridgehead atoms. The van der Waals surface area contributed by atoms with E-state index in [0.717, 1.165) is 3.57 Å². The number of amides is 1. The number of likely N-dealkylation sites (tertiary alicyclic amines) is 1. The first-order chi connectivity index (χ1) is 9.93. The second kappa shape index (κ2) is 6.83. The summed E-state index contributed by atoms with van der Waals surface area (Å²) >= 11 is 8.15. The predicted molar refractivity (Wildman–Crippen MR) is 87.0 cm³/mol. The molecule has 0 radical (unpaired) electrons. The Morgan fingerprint density at radius 2 is 2.00 bits per heavy atom. The van der Waals surface area contributed by atoms with Crippen molar-refractivity contribution < 1.29 is 19.4 Å². The third kappa shape index (κ3) is 3.60. The number of carbonyl (C=O) groups excluding carboxylic acids is 1. The third-order valence-electron chi connectivity index (χ3n) is 3.60. The Morgan fingerprint density at radius 1 is 1.38 bits per heavy atom. The molecule has 1 aromatic rings. The van der Waals surface area contributed by atoms with E-state index >= 15 is 0 Å². The van der Waals surface area contributed by atoms with Gasteiger partial charge in [-0.1, -0.05) is 11.6 Å². The first kappa shape index (κ1) is 16.4. The van der Waals surface area contributed by atoms with Crippen LogP contribution in [0.2, 0.25) is 5.02 Å². The Morgan fingerprint density at radius 3 is 2.52 bits per heavy atom. The summed E-state index contributed by atoms with van der Waals surface area (Å²) in [4.78, 5) is 25.2. The lowest BCUT2D eigenvalue weighted by atomic mass is 9.96. The monoisotopic (exact) mass is 423 g/mol. The van der Waals surface area contributed by atoms with Crippen molar-refractivity contribution in [3.8, 4) is 5.75 Å². The van der Waals surface area contributed by atoms with Crippen molar-refractivity contribution in [1.29, 1.82) is 0 Å². The van der Waals surface area contributed by atoms with Crippen LogP contribution in [0.15, 0.2) is 12.1 Å². The van der Waals surface area contributed by atoms with Gasteiger partial charge in [-0.2, -0.15) is 0 Å². The summed E-state index contributed by atoms with van der Waals surface area (Å²) in [5, 5.41) is 9.49. The summed E-state index contributed by atoms with van der Waals surface area (Å²) in [6.07, 6.45) is 0.947. The molecular formula is C14H15ClINO4. The number of halogens is 2. The first-order valence-electron chi connectivity index (χ1n) is 6.49. The van der Waals surface area contributed by atoms with Gasteiger partial charge in [0.2, 0.25) is 0 Å². The molecular weight excluding hydrogens is 409 g/mol. The molecule has 0 aliphatic carbocycles. The fourth-order valence-electron chi connectivity index (χ4n) is 2.36. The summed E-state index contributed by atoms with van der Waals surface area (Å²) in [7, 11) is 1.51. The smallest absolute Gasteiger partial charge is 0.306 e. The van der Waals surface area contributed by atoms with E-state index in [1.54, 1.807) is 17.0 Å². The van der Waals surface area contributed by atoms with Crippen molar-refractivity contribution in [2.75, 3.05) is 20.2 Å². The van der Waals surface area contributed by atoms with E-state index < -0.39 is 5.97 Å². The Bertz CT molecular complexity index is 570. The molecule has 1 aliphatic rings. The molecule has 1 saturated heterocycles. The van der Waals surface area contributed by atoms with Crippen LogP contribution in [0.4, 0.5) is 0 Å². The molecule has 0 spiro atoms. The Balaban J connectivity index is 2.18. The molecule has 5 nitrogen and oxygen atoms in total. The number of carbonyl (C=O) groups is 2. The second-order valence-electron chi connectivity index (χ2n) is 4.87. The van der Waals surface area contributed by atoms with Gasteiger partial charge in [0.25, 0.3) is 5.91 Å². The molecule has 1 amide bonds. The average molecular weight is 424 g/mol. The quantitative estimate of drug-likeness (QED) is 0.759. The third-order valence-corrected chi connectivity index (χ3v) is 5.13. The minimum Gasteiger partial charge on any atom is -0.496 e. The number of piperidine rings is 1. The van der Waals surface area contributed by atoms with Crippen molar-refractivity contribution in [2.45, 2.75) is 12.8 Å². The lowest BCUT2D eigenvalue weighted by molar-refractivity contribution is -0.143. The topological polar surface area (TPSA) is 66.8 Å². The number of aliphatic carboxylic acids is 1. The van der Waals surface area contributed by atoms with Gasteiger partial charge >= 0.3 is 5.97 Å². The zero-order chi connectivity index (χ0) is 15.6. The summed E-state index contributed by atoms with van der Waals surface area (Å²) < 4.78 is 6.06. The van der Waals surface area contributed by atoms with Crippen LogP contribution in [0.5, 0.6) is 5.75 Å². The highest BCUT2D eigenvalue weighted by Crippen LogP contribution is 2.30. The zero-order valence-electron chi connectivity index (χ0n) is 11.4. The molecule has 0 unspecified atom stereocenters. The number of hydrogen-bond acceptors (Lipinski definition) is 3. The molecule has 1 fully saturated rings. The van der Waals surface area contributed by atoms with Crippen LogP contribution < -0.4 is 4.74 Å². The number of rotatable bonds is 3. The van der Waals surface area contributed by atoms with Crippen LogP contribution in [0.25, 0.3) is 0 Å². The number of benzene rings is 1. The van der Waals surface area contributed by atoms with Crippen LogP contribution in [0.1, 0.15) is 23.2 Å². The normalized spacial score (nSPS) is 15.9. The summed E-state index contributed by atoms with van der Waals surface area (Å²) in [6.45, 7) is 0.866. The number of ether oxygens (including phenoxy) is 1. The van der Waals surface area contributed by atoms with Crippen LogP contribution >= 0.6 is 34.2 Å². The van der Waals surface area contributed by atoms with Gasteiger partial charge in [-0.3, -0.25) is 9.59 Å². The van der Waals surface area contributed by atoms with Crippen molar-refractivity contribution in [1.82, 2.24) is 4.90 Å². The van der Waals surface area contributed by atoms with E-state index in [9.17, 15) is 9.59 Å². The van der Waals surface area contributed by atoms with Gasteiger partial charge in [0.15, 0.2) is 0 Å². The van der Waals surface area contributed by atoms with Gasteiger partial charge in [-0.25, -0.2) is 0 Å². The van der Waals surface area contributed by atoms with E-state index in [1.807, 2.05) is 0 Å². The van der Waals surface area contributed by atoms with Gasteiger partial charge in [0, 0.05) is 16.7 Å². The van der Waals surface area contributed by atoms with Crippen LogP contribution in [0.3, 0.4) is 0 Å². The van der Waals surface area contributed by atoms with Crippen molar-refractivity contribution in [3.05, 3.63) is 26.3 Å². The highest BCUT2D eigenvalue weighted by Gasteiger charge is 2.29. The SMILES string of the molecule is COc1cc(I)c(Cl)cc1C(=O)N1CCC(C(=O)O)CC1. The summed E-state index contributed by atoms with van der Waals surface area (Å²) in [5.74, 6) is -0.851. The van der Waals surface area contributed by atoms with E-state index in [2.05, 4.69) is 22.6 Å². The number of carboxylic acids is 1. The Kier molecular flexibility index (Phi) is 5.32. The number of hydrogen-bond donors (Lipinski definition) is 1. The van der Waals surface area contributed by atoms with Crippen LogP contribution in [-0.2, 0) is 4.79 Å². The number of nitrogens with zero attached hydrogens (tertiary/aromatic N) is 1. The summed E-state index contributed by atoms with van der Waals surface area (Å²) in [5.41, 5.74) is 0.414. The van der Waals surface area contributed by atoms with Crippen LogP contribution in [0, 0.1) is 9.49 Å². The number of carboxylic acid groups (broad SMARTS) is 1. The molecule has 2 rings (SSSR count). The lowest BCUT2D eigenvalue weighted by Gasteiger charge is -2.30. The molecule has 7 heteroatoms. The van der Waals surface area contributed by atoms with Gasteiger partial charge in [-0.15, -0.1) is 0 Å². The van der Waals surface area contributed by atoms with E-state index in [4.69, 9.17) is 21.4 Å². The van der Waals surface area contributed by atoms with Crippen molar-refractivity contribution in [3.63, 3.8) is 0 Å². The van der Waals surface area contributed by atoms with E-state index in [1.165, 1.54) is 7.11 Å². The molecule has 1 aliphatic heterocycles. The van der Waals surface area contributed by atoms with E-state index in [0.29, 0.717) is 42.3 Å². The molecule has 1 N–H and O–H groups in total. The zero-order valence-corrected chi connectivity index (χ0v) is 14.3. The molecule has 0 saturated carbocycles. The number of methoxy groups -OCH3 is 1.